The van der Waals surface area contributed by atoms with Crippen molar-refractivity contribution in [3.05, 3.63) is 23.8 Å². The molecule has 1 aliphatic heterocycles. The summed E-state index contributed by atoms with van der Waals surface area (Å²) in [5.41, 5.74) is 5.70. The number of nitrogens with two attached hydrogens (primary N) is 1. The molecule has 2 nitrogen and oxygen atoms in total. The second kappa shape index (κ2) is 3.62. The van der Waals surface area contributed by atoms with Gasteiger partial charge in [-0.2, -0.15) is 13.2 Å². The van der Waals surface area contributed by atoms with E-state index in [4.69, 9.17) is 5.73 Å². The largest absolute Gasteiger partial charge is 0.418 e. The molecule has 3 atom stereocenters. The Morgan fingerprint density at radius 1 is 1.20 bits per heavy atom. The van der Waals surface area contributed by atoms with Crippen molar-refractivity contribution in [1.82, 2.24) is 0 Å². The van der Waals surface area contributed by atoms with Gasteiger partial charge in [-0.25, -0.2) is 0 Å². The van der Waals surface area contributed by atoms with Gasteiger partial charge in [0.2, 0.25) is 0 Å². The van der Waals surface area contributed by atoms with Gasteiger partial charge in [0, 0.05) is 23.5 Å². The average molecular weight is 282 g/mol. The van der Waals surface area contributed by atoms with Crippen molar-refractivity contribution in [3.63, 3.8) is 0 Å². The molecule has 0 radical (unpaired) electrons. The third-order valence-corrected chi connectivity index (χ3v) is 5.61. The van der Waals surface area contributed by atoms with Crippen LogP contribution in [-0.2, 0) is 6.18 Å². The van der Waals surface area contributed by atoms with Gasteiger partial charge in [0.25, 0.3) is 0 Å². The van der Waals surface area contributed by atoms with Gasteiger partial charge in [-0.1, -0.05) is 0 Å². The number of anilines is 2. The van der Waals surface area contributed by atoms with Crippen LogP contribution in [-0.4, -0.2) is 12.1 Å². The van der Waals surface area contributed by atoms with Gasteiger partial charge >= 0.3 is 6.18 Å². The number of halogens is 3. The molecule has 4 rings (SSSR count). The number of benzene rings is 1. The molecule has 2 bridgehead atoms. The van der Waals surface area contributed by atoms with Gasteiger partial charge in [-0.15, -0.1) is 0 Å². The molecule has 3 aliphatic rings. The molecule has 2 aliphatic carbocycles. The highest BCUT2D eigenvalue weighted by Crippen LogP contribution is 2.63. The fourth-order valence-corrected chi connectivity index (χ4v) is 4.61. The van der Waals surface area contributed by atoms with Crippen LogP contribution in [0.1, 0.15) is 37.7 Å². The molecular weight excluding hydrogens is 265 g/mol. The number of hydrogen-bond acceptors (Lipinski definition) is 2. The number of nitrogen functional groups attached to an aromatic ring is 1. The molecule has 2 N–H and O–H groups in total. The second-order valence-corrected chi connectivity index (χ2v) is 6.49. The number of rotatable bonds is 1. The topological polar surface area (TPSA) is 29.3 Å². The van der Waals surface area contributed by atoms with E-state index >= 15 is 0 Å². The van der Waals surface area contributed by atoms with Crippen LogP contribution in [0.15, 0.2) is 18.2 Å². The molecule has 3 unspecified atom stereocenters. The van der Waals surface area contributed by atoms with Crippen LogP contribution in [0.25, 0.3) is 0 Å². The van der Waals surface area contributed by atoms with Crippen molar-refractivity contribution in [2.75, 3.05) is 10.6 Å². The minimum atomic E-state index is -4.38. The molecule has 20 heavy (non-hydrogen) atoms. The summed E-state index contributed by atoms with van der Waals surface area (Å²) in [4.78, 5) is 2.24. The first-order valence-electron chi connectivity index (χ1n) is 7.16. The summed E-state index contributed by atoms with van der Waals surface area (Å²) in [6, 6.07) is 5.26. The lowest BCUT2D eigenvalue weighted by Crippen LogP contribution is -2.52. The van der Waals surface area contributed by atoms with E-state index in [9.17, 15) is 13.2 Å². The van der Waals surface area contributed by atoms with Crippen LogP contribution >= 0.6 is 0 Å². The number of piperidine rings is 1. The van der Waals surface area contributed by atoms with E-state index in [1.165, 1.54) is 25.0 Å². The maximum Gasteiger partial charge on any atom is 0.418 e. The lowest BCUT2D eigenvalue weighted by atomic mass is 9.64. The third-order valence-electron chi connectivity index (χ3n) is 5.61. The van der Waals surface area contributed by atoms with Crippen LogP contribution in [0.3, 0.4) is 0 Å². The molecule has 0 aromatic heterocycles. The highest BCUT2D eigenvalue weighted by Gasteiger charge is 2.61. The summed E-state index contributed by atoms with van der Waals surface area (Å²) in [5.74, 6) is 0. The zero-order valence-electron chi connectivity index (χ0n) is 11.1. The summed E-state index contributed by atoms with van der Waals surface area (Å²) in [6.07, 6.45) is 1.50. The van der Waals surface area contributed by atoms with Crippen LogP contribution < -0.4 is 10.6 Å². The first-order valence-corrected chi connectivity index (χ1v) is 7.16. The Morgan fingerprint density at radius 3 is 2.55 bits per heavy atom. The maximum atomic E-state index is 13.0. The molecule has 1 aromatic carbocycles. The standard InChI is InChI=1S/C15H17F3N2/c16-15(17,18)11-7-9(1-2-12(11)19)20-10-3-5-14(8-10)6-4-13(14)20/h1-2,7,10,13H,3-6,8,19H2. The van der Waals surface area contributed by atoms with Crippen LogP contribution in [0.2, 0.25) is 0 Å². The van der Waals surface area contributed by atoms with Gasteiger partial charge in [0.1, 0.15) is 0 Å². The van der Waals surface area contributed by atoms with Gasteiger partial charge in [0.15, 0.2) is 0 Å². The smallest absolute Gasteiger partial charge is 0.398 e. The first kappa shape index (κ1) is 12.4. The predicted octanol–water partition coefficient (Wildman–Crippen LogP) is 3.81. The monoisotopic (exact) mass is 282 g/mol. The Labute approximate surface area is 115 Å². The summed E-state index contributed by atoms with van der Waals surface area (Å²) in [6.45, 7) is 0. The van der Waals surface area contributed by atoms with E-state index in [1.807, 2.05) is 0 Å². The van der Waals surface area contributed by atoms with Crippen molar-refractivity contribution >= 4 is 11.4 Å². The molecule has 1 aromatic rings. The zero-order valence-corrected chi connectivity index (χ0v) is 11.1. The molecule has 2 saturated carbocycles. The Bertz CT molecular complexity index is 569. The van der Waals surface area contributed by atoms with Crippen molar-refractivity contribution in [3.8, 4) is 0 Å². The van der Waals surface area contributed by atoms with Crippen molar-refractivity contribution < 1.29 is 13.2 Å². The van der Waals surface area contributed by atoms with Gasteiger partial charge in [-0.3, -0.25) is 0 Å². The third kappa shape index (κ3) is 1.46. The zero-order chi connectivity index (χ0) is 14.1. The van der Waals surface area contributed by atoms with Crippen LogP contribution in [0, 0.1) is 5.41 Å². The highest BCUT2D eigenvalue weighted by molar-refractivity contribution is 5.62. The van der Waals surface area contributed by atoms with Crippen molar-refractivity contribution in [2.24, 2.45) is 5.41 Å². The second-order valence-electron chi connectivity index (χ2n) is 6.49. The Kier molecular flexibility index (Phi) is 2.24. The molecule has 1 saturated heterocycles. The normalized spacial score (nSPS) is 35.0. The molecule has 5 heteroatoms. The van der Waals surface area contributed by atoms with Crippen molar-refractivity contribution in [1.29, 1.82) is 0 Å². The van der Waals surface area contributed by atoms with Crippen LogP contribution in [0.4, 0.5) is 24.5 Å². The number of alkyl halides is 3. The van der Waals surface area contributed by atoms with E-state index in [0.717, 1.165) is 19.3 Å². The van der Waals surface area contributed by atoms with E-state index in [0.29, 0.717) is 23.2 Å². The number of fused-ring (bicyclic) bond motifs is 1. The van der Waals surface area contributed by atoms with Crippen LogP contribution in [0.5, 0.6) is 0 Å². The highest BCUT2D eigenvalue weighted by atomic mass is 19.4. The fourth-order valence-electron chi connectivity index (χ4n) is 4.61. The van der Waals surface area contributed by atoms with Gasteiger partial charge in [-0.05, 0) is 55.7 Å². The first-order chi connectivity index (χ1) is 9.41. The minimum Gasteiger partial charge on any atom is -0.398 e. The van der Waals surface area contributed by atoms with E-state index in [-0.39, 0.29) is 5.69 Å². The minimum absolute atomic E-state index is 0.186. The lowest BCUT2D eigenvalue weighted by molar-refractivity contribution is -0.136. The predicted molar refractivity (Wildman–Crippen MR) is 71.4 cm³/mol. The van der Waals surface area contributed by atoms with Gasteiger partial charge < -0.3 is 10.6 Å². The molecular formula is C15H17F3N2. The van der Waals surface area contributed by atoms with Crippen molar-refractivity contribution in [2.45, 2.75) is 50.4 Å². The summed E-state index contributed by atoms with van der Waals surface area (Å²) < 4.78 is 39.0. The molecule has 1 spiro atoms. The molecule has 3 fully saturated rings. The summed E-state index contributed by atoms with van der Waals surface area (Å²) in [7, 11) is 0. The molecule has 108 valence electrons. The van der Waals surface area contributed by atoms with E-state index < -0.39 is 11.7 Å². The van der Waals surface area contributed by atoms with E-state index in [2.05, 4.69) is 4.90 Å². The Morgan fingerprint density at radius 2 is 1.95 bits per heavy atom. The van der Waals surface area contributed by atoms with Gasteiger partial charge in [0.05, 0.1) is 5.56 Å². The number of nitrogens with zero attached hydrogens (tertiary/aromatic N) is 1. The average Bonchev–Trinajstić information content (AvgIpc) is 2.87. The Hall–Kier alpha value is -1.39. The van der Waals surface area contributed by atoms with E-state index in [1.54, 1.807) is 6.07 Å². The Balaban J connectivity index is 1.73. The SMILES string of the molecule is Nc1ccc(N2C3CCC4(CCC24)C3)cc1C(F)(F)F. The fraction of sp³-hybridized carbons (Fsp3) is 0.600. The lowest BCUT2D eigenvalue weighted by Gasteiger charge is -2.50. The summed E-state index contributed by atoms with van der Waals surface area (Å²) in [5, 5.41) is 0. The number of hydrogen-bond donors (Lipinski definition) is 1. The summed E-state index contributed by atoms with van der Waals surface area (Å²) >= 11 is 0. The molecule has 1 heterocycles. The quantitative estimate of drug-likeness (QED) is 0.794. The maximum absolute atomic E-state index is 13.0. The molecule has 0 amide bonds.